The molecule has 2 atom stereocenters. The fraction of sp³-hybridized carbons (Fsp3) is 0.632. The molecule has 0 bridgehead atoms. The van der Waals surface area contributed by atoms with E-state index >= 15 is 0 Å². The summed E-state index contributed by atoms with van der Waals surface area (Å²) in [7, 11) is 3.76. The summed E-state index contributed by atoms with van der Waals surface area (Å²) >= 11 is 0. The van der Waals surface area contributed by atoms with Crippen molar-refractivity contribution in [3.05, 3.63) is 29.4 Å². The van der Waals surface area contributed by atoms with E-state index in [0.717, 1.165) is 37.4 Å². The van der Waals surface area contributed by atoms with Crippen LogP contribution in [0.2, 0.25) is 0 Å². The van der Waals surface area contributed by atoms with Gasteiger partial charge >= 0.3 is 12.0 Å². The molecule has 0 spiro atoms. The number of anilines is 1. The second-order valence-corrected chi connectivity index (χ2v) is 7.39. The van der Waals surface area contributed by atoms with Gasteiger partial charge in [-0.25, -0.2) is 4.79 Å². The van der Waals surface area contributed by atoms with Gasteiger partial charge in [0.15, 0.2) is 0 Å². The number of amides is 2. The van der Waals surface area contributed by atoms with Crippen LogP contribution in [0.5, 0.6) is 0 Å². The molecule has 0 aliphatic carbocycles. The topological polar surface area (TPSA) is 79.4 Å². The Hall–Kier alpha value is -2.35. The zero-order chi connectivity index (χ0) is 19.6. The Labute approximate surface area is 160 Å². The molecule has 2 aromatic heterocycles. The molecule has 1 saturated heterocycles. The van der Waals surface area contributed by atoms with E-state index in [0.29, 0.717) is 12.5 Å². The van der Waals surface area contributed by atoms with Crippen molar-refractivity contribution in [3.63, 3.8) is 0 Å². The summed E-state index contributed by atoms with van der Waals surface area (Å²) in [6.45, 7) is 8.62. The highest BCUT2D eigenvalue weighted by Gasteiger charge is 2.34. The van der Waals surface area contributed by atoms with Gasteiger partial charge in [0, 0.05) is 38.4 Å². The smallest absolute Gasteiger partial charge is 0.325 e. The minimum absolute atomic E-state index is 0.199. The first-order valence-corrected chi connectivity index (χ1v) is 9.57. The highest BCUT2D eigenvalue weighted by atomic mass is 16.4. The molecule has 1 fully saturated rings. The summed E-state index contributed by atoms with van der Waals surface area (Å²) < 4.78 is 7.31. The Morgan fingerprint density at radius 2 is 2.22 bits per heavy atom. The highest BCUT2D eigenvalue weighted by Crippen LogP contribution is 2.36. The number of hydrogen-bond acceptors (Lipinski definition) is 5. The van der Waals surface area contributed by atoms with Crippen LogP contribution in [0.25, 0.3) is 0 Å². The first-order valence-electron chi connectivity index (χ1n) is 9.57. The van der Waals surface area contributed by atoms with Crippen molar-refractivity contribution >= 4 is 12.0 Å². The lowest BCUT2D eigenvalue weighted by atomic mass is 9.85. The van der Waals surface area contributed by atoms with E-state index in [1.165, 1.54) is 5.56 Å². The summed E-state index contributed by atoms with van der Waals surface area (Å²) in [5.41, 5.74) is 2.01. The number of rotatable bonds is 5. The Morgan fingerprint density at radius 1 is 1.44 bits per heavy atom. The number of carbonyl (C=O) groups is 1. The first kappa shape index (κ1) is 19.4. The third kappa shape index (κ3) is 4.32. The van der Waals surface area contributed by atoms with Crippen molar-refractivity contribution in [1.29, 1.82) is 0 Å². The molecular formula is C19H30N6O2. The predicted octanol–water partition coefficient (Wildman–Crippen LogP) is 2.96. The standard InChI is InChI=1S/C19H30N6O2/c1-6-25-9-7-8-15(17(25)16-10-20-24(5)12-16)11-23(4)19(26)22-18-21-13(2)14(3)27-18/h10,12,15,17H,6-9,11H2,1-5H3,(H,21,22,26)/t15-,17+/m0/s1. The summed E-state index contributed by atoms with van der Waals surface area (Å²) in [6.07, 6.45) is 6.27. The van der Waals surface area contributed by atoms with Gasteiger partial charge < -0.3 is 9.32 Å². The number of aryl methyl sites for hydroxylation is 3. The summed E-state index contributed by atoms with van der Waals surface area (Å²) in [5.74, 6) is 1.07. The van der Waals surface area contributed by atoms with Crippen molar-refractivity contribution in [2.45, 2.75) is 39.7 Å². The number of nitrogens with zero attached hydrogens (tertiary/aromatic N) is 5. The van der Waals surface area contributed by atoms with Crippen LogP contribution in [0.15, 0.2) is 16.8 Å². The van der Waals surface area contributed by atoms with Gasteiger partial charge in [0.2, 0.25) is 0 Å². The second-order valence-electron chi connectivity index (χ2n) is 7.39. The Morgan fingerprint density at radius 3 is 2.81 bits per heavy atom. The molecule has 2 aromatic rings. The van der Waals surface area contributed by atoms with Gasteiger partial charge in [0.1, 0.15) is 5.76 Å². The van der Waals surface area contributed by atoms with Crippen LogP contribution in [-0.2, 0) is 7.05 Å². The molecule has 8 nitrogen and oxygen atoms in total. The van der Waals surface area contributed by atoms with E-state index in [4.69, 9.17) is 4.42 Å². The molecule has 0 radical (unpaired) electrons. The molecule has 148 valence electrons. The maximum absolute atomic E-state index is 12.6. The van der Waals surface area contributed by atoms with Crippen molar-refractivity contribution < 1.29 is 9.21 Å². The van der Waals surface area contributed by atoms with Crippen LogP contribution in [-0.4, -0.2) is 57.3 Å². The van der Waals surface area contributed by atoms with E-state index in [-0.39, 0.29) is 18.1 Å². The fourth-order valence-electron chi connectivity index (χ4n) is 3.92. The lowest BCUT2D eigenvalue weighted by Crippen LogP contribution is -2.44. The number of piperidine rings is 1. The van der Waals surface area contributed by atoms with Gasteiger partial charge in [-0.1, -0.05) is 6.92 Å². The number of likely N-dealkylation sites (tertiary alicyclic amines) is 1. The van der Waals surface area contributed by atoms with Crippen LogP contribution in [0.1, 0.15) is 42.8 Å². The fourth-order valence-corrected chi connectivity index (χ4v) is 3.92. The Kier molecular flexibility index (Phi) is 5.84. The molecule has 1 aliphatic heterocycles. The van der Waals surface area contributed by atoms with Crippen molar-refractivity contribution in [2.24, 2.45) is 13.0 Å². The molecule has 8 heteroatoms. The zero-order valence-electron chi connectivity index (χ0n) is 16.9. The van der Waals surface area contributed by atoms with Crippen molar-refractivity contribution in [3.8, 4) is 0 Å². The molecule has 0 saturated carbocycles. The van der Waals surface area contributed by atoms with Gasteiger partial charge in [-0.3, -0.25) is 14.9 Å². The predicted molar refractivity (Wildman–Crippen MR) is 104 cm³/mol. The van der Waals surface area contributed by atoms with Gasteiger partial charge in [-0.2, -0.15) is 10.1 Å². The van der Waals surface area contributed by atoms with Crippen LogP contribution >= 0.6 is 0 Å². The molecule has 0 unspecified atom stereocenters. The average molecular weight is 374 g/mol. The number of oxazole rings is 1. The van der Waals surface area contributed by atoms with E-state index in [1.807, 2.05) is 38.8 Å². The minimum Gasteiger partial charge on any atom is -0.428 e. The highest BCUT2D eigenvalue weighted by molar-refractivity contribution is 5.86. The maximum Gasteiger partial charge on any atom is 0.325 e. The molecule has 27 heavy (non-hydrogen) atoms. The minimum atomic E-state index is -0.199. The SMILES string of the molecule is CCN1CCC[C@@H](CN(C)C(=O)Nc2nc(C)c(C)o2)[C@@H]1c1cnn(C)c1. The molecule has 3 rings (SSSR count). The first-order chi connectivity index (χ1) is 12.9. The van der Waals surface area contributed by atoms with E-state index in [1.54, 1.807) is 4.90 Å². The summed E-state index contributed by atoms with van der Waals surface area (Å²) in [6, 6.07) is 0.332. The molecule has 0 aromatic carbocycles. The van der Waals surface area contributed by atoms with Crippen LogP contribution in [0.4, 0.5) is 10.8 Å². The molecule has 3 heterocycles. The third-order valence-electron chi connectivity index (χ3n) is 5.43. The van der Waals surface area contributed by atoms with Gasteiger partial charge in [-0.05, 0) is 45.7 Å². The quantitative estimate of drug-likeness (QED) is 0.870. The molecule has 1 aliphatic rings. The van der Waals surface area contributed by atoms with E-state index in [9.17, 15) is 4.79 Å². The Bertz CT molecular complexity index is 764. The third-order valence-corrected chi connectivity index (χ3v) is 5.43. The number of hydrogen-bond donors (Lipinski definition) is 1. The van der Waals surface area contributed by atoms with Crippen molar-refractivity contribution in [2.75, 3.05) is 32.0 Å². The van der Waals surface area contributed by atoms with Gasteiger partial charge in [-0.15, -0.1) is 0 Å². The van der Waals surface area contributed by atoms with E-state index < -0.39 is 0 Å². The molecular weight excluding hydrogens is 344 g/mol. The van der Waals surface area contributed by atoms with Crippen LogP contribution in [0.3, 0.4) is 0 Å². The monoisotopic (exact) mass is 374 g/mol. The normalized spacial score (nSPS) is 20.6. The van der Waals surface area contributed by atoms with Gasteiger partial charge in [0.05, 0.1) is 11.9 Å². The lowest BCUT2D eigenvalue weighted by molar-refractivity contribution is 0.0827. The molecule has 1 N–H and O–H groups in total. The zero-order valence-corrected chi connectivity index (χ0v) is 16.9. The van der Waals surface area contributed by atoms with E-state index in [2.05, 4.69) is 33.4 Å². The Balaban J connectivity index is 1.70. The number of carbonyl (C=O) groups excluding carboxylic acids is 1. The number of urea groups is 1. The maximum atomic E-state index is 12.6. The number of nitrogens with one attached hydrogen (secondary N) is 1. The van der Waals surface area contributed by atoms with Crippen LogP contribution in [0, 0.1) is 19.8 Å². The lowest BCUT2D eigenvalue weighted by Gasteiger charge is -2.41. The van der Waals surface area contributed by atoms with Crippen LogP contribution < -0.4 is 5.32 Å². The molecule has 2 amide bonds. The summed E-state index contributed by atoms with van der Waals surface area (Å²) in [4.78, 5) is 21.0. The largest absolute Gasteiger partial charge is 0.428 e. The van der Waals surface area contributed by atoms with Crippen molar-refractivity contribution in [1.82, 2.24) is 24.6 Å². The summed E-state index contributed by atoms with van der Waals surface area (Å²) in [5, 5.41) is 7.11. The second kappa shape index (κ2) is 8.12. The average Bonchev–Trinajstić information content (AvgIpc) is 3.19. The number of aromatic nitrogens is 3. The van der Waals surface area contributed by atoms with Gasteiger partial charge in [0.25, 0.3) is 0 Å².